The van der Waals surface area contributed by atoms with E-state index in [1.807, 2.05) is 68.1 Å². The van der Waals surface area contributed by atoms with Crippen LogP contribution in [0.25, 0.3) is 32.8 Å². The molecule has 0 N–H and O–H groups in total. The van der Waals surface area contributed by atoms with Gasteiger partial charge in [-0.25, -0.2) is 4.79 Å². The maximum absolute atomic E-state index is 17.2. The smallest absolute Gasteiger partial charge is 0.198 e. The molecule has 4 aromatic rings. The Bertz CT molecular complexity index is 2190. The molecule has 3 fully saturated rings. The molecular formula is C39H40FN6O3PSTl+. The average molecular weight is 927 g/mol. The van der Waals surface area contributed by atoms with Crippen LogP contribution in [0, 0.1) is 26.5 Å². The molecule has 264 valence electrons. The number of hydrogen-bond acceptors (Lipinski definition) is 9. The predicted octanol–water partition coefficient (Wildman–Crippen LogP) is 7.27. The molecule has 52 heavy (non-hydrogen) atoms. The minimum atomic E-state index is -1.32. The first-order valence-electron chi connectivity index (χ1n) is 17.8. The standard InChI is InChI=1S/C39H40FN6O3.PS.Tl/c1-5-26-10-6-11-27-12-7-13-29(32(26)27)30-14-15-31-34(33(30)40)42-36(48-25-39-17-8-20-45(39)21-9-18-39)43-35(31)44-22-23-46(28(24-44)16-19-41)37(47)49-38(2,3)4;1-2;/h6-7,10-15,28H,8-9,16-18,20-25H2,2-4H3;;/q;-1;+2/t28-;;/m0../s1. The van der Waals surface area contributed by atoms with E-state index in [-0.39, 0.29) is 23.5 Å². The van der Waals surface area contributed by atoms with Crippen LogP contribution >= 0.6 is 4.00 Å². The Morgan fingerprint density at radius 3 is 2.58 bits per heavy atom. The molecule has 0 radical (unpaired) electrons. The molecule has 3 aliphatic rings. The summed E-state index contributed by atoms with van der Waals surface area (Å²) in [6.07, 6.45) is 4.01. The molecule has 4 heterocycles. The SMILES string of the molecule is CC(C)(C)OC(=O)N1CCN(c2nc(OCC34CCCN3CCC4)nc3c(F)c(-c4cccc5cccc(C#[C][Tl]=[P+]=S)c45)ccc23)C[C@@H]1CC#N. The summed E-state index contributed by atoms with van der Waals surface area (Å²) in [6, 6.07) is 17.5. The summed E-state index contributed by atoms with van der Waals surface area (Å²) in [7, 11) is 0. The summed E-state index contributed by atoms with van der Waals surface area (Å²) in [5.41, 5.74) is 1.46. The summed E-state index contributed by atoms with van der Waals surface area (Å²) in [5.74, 6) is 3.40. The normalized spacial score (nSPS) is 18.3. The third kappa shape index (κ3) is 7.52. The third-order valence-electron chi connectivity index (χ3n) is 10.3. The Labute approximate surface area is 321 Å². The summed E-state index contributed by atoms with van der Waals surface area (Å²) >= 11 is 3.85. The first-order chi connectivity index (χ1) is 25.1. The number of rotatable bonds is 6. The van der Waals surface area contributed by atoms with Crippen LogP contribution in [0.5, 0.6) is 6.01 Å². The summed E-state index contributed by atoms with van der Waals surface area (Å²) in [6.45, 7) is 9.06. The van der Waals surface area contributed by atoms with E-state index >= 15 is 4.39 Å². The second-order valence-corrected chi connectivity index (χ2v) is 27.3. The van der Waals surface area contributed by atoms with Gasteiger partial charge in [-0.3, -0.25) is 4.90 Å². The fourth-order valence-electron chi connectivity index (χ4n) is 7.99. The molecule has 1 amide bonds. The summed E-state index contributed by atoms with van der Waals surface area (Å²) < 4.78 is 33.7. The van der Waals surface area contributed by atoms with Crippen molar-refractivity contribution in [2.75, 3.05) is 44.2 Å². The Balaban J connectivity index is 1.33. The summed E-state index contributed by atoms with van der Waals surface area (Å²) in [4.78, 5) is 29.0. The number of amides is 1. The molecule has 13 heteroatoms. The van der Waals surface area contributed by atoms with E-state index in [9.17, 15) is 10.1 Å². The van der Waals surface area contributed by atoms with Gasteiger partial charge in [0.1, 0.15) is 5.60 Å². The number of nitrogens with zero attached hydrogens (tertiary/aromatic N) is 6. The second kappa shape index (κ2) is 15.5. The van der Waals surface area contributed by atoms with Crippen molar-refractivity contribution in [2.24, 2.45) is 0 Å². The van der Waals surface area contributed by atoms with Crippen molar-refractivity contribution in [3.05, 3.63) is 59.9 Å². The fourth-order valence-corrected chi connectivity index (χ4v) is 11.5. The van der Waals surface area contributed by atoms with Crippen molar-refractivity contribution in [3.8, 4) is 32.6 Å². The molecule has 3 saturated heterocycles. The van der Waals surface area contributed by atoms with E-state index < -0.39 is 46.7 Å². The quantitative estimate of drug-likeness (QED) is 0.113. The van der Waals surface area contributed by atoms with E-state index in [1.165, 1.54) is 0 Å². The van der Waals surface area contributed by atoms with Crippen LogP contribution in [-0.2, 0) is 16.5 Å². The van der Waals surface area contributed by atoms with Gasteiger partial charge >= 0.3 is 203 Å². The molecule has 3 aromatic carbocycles. The van der Waals surface area contributed by atoms with Crippen LogP contribution in [0.15, 0.2) is 48.5 Å². The molecule has 0 bridgehead atoms. The summed E-state index contributed by atoms with van der Waals surface area (Å²) in [5, 5.41) is 12.2. The number of hydrogen-bond donors (Lipinski definition) is 0. The Kier molecular flexibility index (Phi) is 11.1. The van der Waals surface area contributed by atoms with Gasteiger partial charge in [-0.2, -0.15) is 5.26 Å². The molecular weight excluding hydrogens is 887 g/mol. The number of fused-ring (bicyclic) bond motifs is 3. The zero-order valence-corrected chi connectivity index (χ0v) is 35.9. The van der Waals surface area contributed by atoms with Crippen LogP contribution in [0.1, 0.15) is 58.4 Å². The van der Waals surface area contributed by atoms with Crippen LogP contribution in [0.2, 0.25) is 0 Å². The van der Waals surface area contributed by atoms with Crippen molar-refractivity contribution in [3.63, 3.8) is 0 Å². The van der Waals surface area contributed by atoms with Gasteiger partial charge in [0.25, 0.3) is 0 Å². The molecule has 9 nitrogen and oxygen atoms in total. The van der Waals surface area contributed by atoms with Gasteiger partial charge in [-0.05, 0) is 59.5 Å². The minimum Gasteiger partial charge on any atom is -0.198 e. The predicted molar refractivity (Wildman–Crippen MR) is 207 cm³/mol. The zero-order chi connectivity index (χ0) is 36.5. The molecule has 3 aliphatic heterocycles. The molecule has 1 aromatic heterocycles. The van der Waals surface area contributed by atoms with Gasteiger partial charge in [0.15, 0.2) is 0 Å². The van der Waals surface area contributed by atoms with Crippen molar-refractivity contribution < 1.29 is 18.7 Å². The number of carbonyl (C=O) groups excluding carboxylic acids is 1. The average Bonchev–Trinajstić information content (AvgIpc) is 3.71. The van der Waals surface area contributed by atoms with E-state index in [0.717, 1.165) is 64.7 Å². The van der Waals surface area contributed by atoms with Gasteiger partial charge in [-0.15, -0.1) is 0 Å². The Morgan fingerprint density at radius 2 is 1.85 bits per heavy atom. The molecule has 7 rings (SSSR count). The number of benzene rings is 3. The fraction of sp³-hybridized carbons (Fsp3) is 0.436. The Morgan fingerprint density at radius 1 is 1.08 bits per heavy atom. The van der Waals surface area contributed by atoms with Crippen molar-refractivity contribution in [1.29, 1.82) is 5.26 Å². The first-order valence-corrected chi connectivity index (χ1v) is 28.0. The van der Waals surface area contributed by atoms with Gasteiger partial charge < -0.3 is 9.64 Å². The number of ether oxygens (including phenoxy) is 2. The van der Waals surface area contributed by atoms with Crippen molar-refractivity contribution in [2.45, 2.75) is 70.1 Å². The van der Waals surface area contributed by atoms with Crippen molar-refractivity contribution >= 4 is 72.5 Å². The van der Waals surface area contributed by atoms with E-state index in [0.29, 0.717) is 43.0 Å². The number of aromatic nitrogens is 2. The minimum absolute atomic E-state index is 0.0504. The van der Waals surface area contributed by atoms with Crippen LogP contribution in [0.4, 0.5) is 15.0 Å². The number of anilines is 1. The third-order valence-corrected chi connectivity index (χ3v) is 16.6. The van der Waals surface area contributed by atoms with E-state index in [1.54, 1.807) is 11.0 Å². The van der Waals surface area contributed by atoms with Crippen LogP contribution < -0.4 is 9.64 Å². The van der Waals surface area contributed by atoms with Gasteiger partial charge in [0, 0.05) is 6.54 Å². The topological polar surface area (TPSA) is 94.8 Å². The first kappa shape index (κ1) is 37.0. The molecule has 1 atom stereocenters. The van der Waals surface area contributed by atoms with Crippen LogP contribution in [0.3, 0.4) is 0 Å². The maximum atomic E-state index is 17.2. The van der Waals surface area contributed by atoms with E-state index in [2.05, 4.69) is 20.4 Å². The van der Waals surface area contributed by atoms with Gasteiger partial charge in [0.2, 0.25) is 0 Å². The van der Waals surface area contributed by atoms with Gasteiger partial charge in [0.05, 0.1) is 24.1 Å². The van der Waals surface area contributed by atoms with Crippen molar-refractivity contribution in [1.82, 2.24) is 19.8 Å². The molecule has 0 spiro atoms. The monoisotopic (exact) mass is 927 g/mol. The molecule has 0 saturated carbocycles. The zero-order valence-electron chi connectivity index (χ0n) is 29.7. The number of piperazine rings is 1. The number of nitriles is 1. The van der Waals surface area contributed by atoms with E-state index in [4.69, 9.17) is 31.2 Å². The number of halogens is 1. The molecule has 0 aliphatic carbocycles. The number of carbonyl (C=O) groups is 1. The molecule has 0 unspecified atom stereocenters. The van der Waals surface area contributed by atoms with Gasteiger partial charge in [-0.1, -0.05) is 0 Å². The second-order valence-electron chi connectivity index (χ2n) is 14.7. The Hall–Kier alpha value is -3.36. The van der Waals surface area contributed by atoms with Crippen LogP contribution in [-0.4, -0.2) is 105 Å².